The predicted octanol–water partition coefficient (Wildman–Crippen LogP) is 3.45. The van der Waals surface area contributed by atoms with E-state index in [9.17, 15) is 9.59 Å². The van der Waals surface area contributed by atoms with Gasteiger partial charge in [0.15, 0.2) is 5.16 Å². The molecule has 1 aromatic carbocycles. The van der Waals surface area contributed by atoms with Crippen molar-refractivity contribution in [3.8, 4) is 0 Å². The van der Waals surface area contributed by atoms with Gasteiger partial charge in [0.25, 0.3) is 5.91 Å². The van der Waals surface area contributed by atoms with Crippen LogP contribution in [0.5, 0.6) is 0 Å². The Bertz CT molecular complexity index is 932. The number of ether oxygens (including phenoxy) is 1. The quantitative estimate of drug-likeness (QED) is 0.675. The Hall–Kier alpha value is -2.19. The molecular weight excluding hydrogens is 400 g/mol. The molecule has 0 saturated carbocycles. The maximum Gasteiger partial charge on any atom is 0.308 e. The Labute approximate surface area is 181 Å². The van der Waals surface area contributed by atoms with Crippen molar-refractivity contribution in [3.05, 3.63) is 41.2 Å². The number of hydrogen-bond acceptors (Lipinski definition) is 7. The molecule has 2 unspecified atom stereocenters. The summed E-state index contributed by atoms with van der Waals surface area (Å²) in [6.07, 6.45) is 1.47. The maximum absolute atomic E-state index is 13.2. The number of carbonyl (C=O) groups is 2. The van der Waals surface area contributed by atoms with E-state index in [1.54, 1.807) is 6.92 Å². The standard InChI is InChI=1S/C22H28N4O3S/c1-13(2)15-5-7-16(8-6-15)18(25-11-9-17(10-12-25)21(28)29-4)19-20(27)26-22(30-19)23-14(3)24-26/h5-8,13,17-19H,9-12H2,1-4H3. The molecule has 7 nitrogen and oxygen atoms in total. The van der Waals surface area contributed by atoms with Gasteiger partial charge in [-0.3, -0.25) is 14.5 Å². The topological polar surface area (TPSA) is 77.3 Å². The van der Waals surface area contributed by atoms with Crippen molar-refractivity contribution >= 4 is 23.6 Å². The smallest absolute Gasteiger partial charge is 0.308 e. The van der Waals surface area contributed by atoms with E-state index in [0.29, 0.717) is 16.9 Å². The lowest BCUT2D eigenvalue weighted by Crippen LogP contribution is -2.44. The van der Waals surface area contributed by atoms with Gasteiger partial charge in [-0.15, -0.1) is 5.10 Å². The summed E-state index contributed by atoms with van der Waals surface area (Å²) in [6.45, 7) is 7.64. The number of piperidine rings is 1. The molecule has 0 radical (unpaired) electrons. The highest BCUT2D eigenvalue weighted by Crippen LogP contribution is 2.42. The fourth-order valence-electron chi connectivity index (χ4n) is 4.33. The summed E-state index contributed by atoms with van der Waals surface area (Å²) in [4.78, 5) is 31.9. The first-order valence-corrected chi connectivity index (χ1v) is 11.3. The molecule has 2 aliphatic rings. The largest absolute Gasteiger partial charge is 0.469 e. The minimum absolute atomic E-state index is 0.0244. The lowest BCUT2D eigenvalue weighted by Gasteiger charge is -2.38. The van der Waals surface area contributed by atoms with E-state index >= 15 is 0 Å². The van der Waals surface area contributed by atoms with E-state index in [1.165, 1.54) is 29.1 Å². The van der Waals surface area contributed by atoms with Gasteiger partial charge in [0.2, 0.25) is 0 Å². The molecule has 0 bridgehead atoms. The number of hydrogen-bond donors (Lipinski definition) is 0. The SMILES string of the molecule is COC(=O)C1CCN(C(c2ccc(C(C)C)cc2)C2Sc3nc(C)nn3C2=O)CC1. The van der Waals surface area contributed by atoms with E-state index < -0.39 is 0 Å². The highest BCUT2D eigenvalue weighted by molar-refractivity contribution is 8.00. The molecule has 2 aliphatic heterocycles. The van der Waals surface area contributed by atoms with E-state index in [0.717, 1.165) is 31.5 Å². The zero-order valence-electron chi connectivity index (χ0n) is 17.9. The van der Waals surface area contributed by atoms with Gasteiger partial charge in [0, 0.05) is 0 Å². The van der Waals surface area contributed by atoms with E-state index in [2.05, 4.69) is 53.1 Å². The zero-order chi connectivity index (χ0) is 21.4. The first-order valence-electron chi connectivity index (χ1n) is 10.4. The van der Waals surface area contributed by atoms with Crippen molar-refractivity contribution in [2.75, 3.05) is 20.2 Å². The second-order valence-electron chi connectivity index (χ2n) is 8.33. The van der Waals surface area contributed by atoms with Gasteiger partial charge in [0.05, 0.1) is 19.1 Å². The van der Waals surface area contributed by atoms with Gasteiger partial charge in [-0.2, -0.15) is 4.68 Å². The molecule has 1 fully saturated rings. The Morgan fingerprint density at radius 3 is 2.37 bits per heavy atom. The second kappa shape index (κ2) is 8.51. The van der Waals surface area contributed by atoms with Crippen molar-refractivity contribution in [3.63, 3.8) is 0 Å². The summed E-state index contributed by atoms with van der Waals surface area (Å²) in [5, 5.41) is 4.64. The summed E-state index contributed by atoms with van der Waals surface area (Å²) >= 11 is 1.49. The Morgan fingerprint density at radius 1 is 1.17 bits per heavy atom. The number of nitrogens with zero attached hydrogens (tertiary/aromatic N) is 4. The molecule has 4 rings (SSSR count). The van der Waals surface area contributed by atoms with Gasteiger partial charge >= 0.3 is 5.97 Å². The molecule has 2 aromatic rings. The minimum Gasteiger partial charge on any atom is -0.469 e. The fraction of sp³-hybridized carbons (Fsp3) is 0.545. The van der Waals surface area contributed by atoms with Crippen molar-refractivity contribution in [2.24, 2.45) is 5.92 Å². The Balaban J connectivity index is 1.62. The lowest BCUT2D eigenvalue weighted by molar-refractivity contribution is -0.147. The zero-order valence-corrected chi connectivity index (χ0v) is 18.7. The van der Waals surface area contributed by atoms with Crippen LogP contribution >= 0.6 is 11.8 Å². The number of rotatable bonds is 5. The fourth-order valence-corrected chi connectivity index (χ4v) is 5.64. The Morgan fingerprint density at radius 2 is 1.80 bits per heavy atom. The molecule has 160 valence electrons. The molecule has 0 N–H and O–H groups in total. The molecule has 8 heteroatoms. The van der Waals surface area contributed by atoms with Crippen molar-refractivity contribution < 1.29 is 14.3 Å². The highest BCUT2D eigenvalue weighted by Gasteiger charge is 2.44. The third-order valence-corrected chi connectivity index (χ3v) is 7.25. The summed E-state index contributed by atoms with van der Waals surface area (Å²) in [7, 11) is 1.44. The number of thioether (sulfide) groups is 1. The number of esters is 1. The molecule has 0 amide bonds. The normalized spacial score (nSPS) is 21.1. The molecule has 0 aliphatic carbocycles. The minimum atomic E-state index is -0.305. The van der Waals surface area contributed by atoms with E-state index in [4.69, 9.17) is 4.74 Å². The summed E-state index contributed by atoms with van der Waals surface area (Å²) in [6, 6.07) is 8.49. The van der Waals surface area contributed by atoms with Crippen LogP contribution < -0.4 is 0 Å². The molecule has 0 spiro atoms. The number of aryl methyl sites for hydroxylation is 1. The highest BCUT2D eigenvalue weighted by atomic mass is 32.2. The summed E-state index contributed by atoms with van der Waals surface area (Å²) < 4.78 is 6.38. The molecular formula is C22H28N4O3S. The second-order valence-corrected chi connectivity index (χ2v) is 9.44. The van der Waals surface area contributed by atoms with E-state index in [1.807, 2.05) is 0 Å². The van der Waals surface area contributed by atoms with Crippen LogP contribution in [-0.4, -0.2) is 57.0 Å². The average Bonchev–Trinajstić information content (AvgIpc) is 3.25. The first-order chi connectivity index (χ1) is 14.4. The molecule has 1 saturated heterocycles. The van der Waals surface area contributed by atoms with Crippen LogP contribution in [-0.2, 0) is 9.53 Å². The van der Waals surface area contributed by atoms with Crippen molar-refractivity contribution in [2.45, 2.75) is 56.0 Å². The number of carbonyl (C=O) groups excluding carboxylic acids is 2. The summed E-state index contributed by atoms with van der Waals surface area (Å²) in [5.74, 6) is 0.832. The molecule has 30 heavy (non-hydrogen) atoms. The third kappa shape index (κ3) is 3.90. The van der Waals surface area contributed by atoms with Crippen LogP contribution in [0.25, 0.3) is 0 Å². The van der Waals surface area contributed by atoms with Crippen molar-refractivity contribution in [1.82, 2.24) is 19.7 Å². The maximum atomic E-state index is 13.2. The summed E-state index contributed by atoms with van der Waals surface area (Å²) in [5.41, 5.74) is 2.39. The predicted molar refractivity (Wildman–Crippen MR) is 115 cm³/mol. The average molecular weight is 429 g/mol. The molecule has 3 heterocycles. The molecule has 2 atom stereocenters. The monoisotopic (exact) mass is 428 g/mol. The van der Waals surface area contributed by atoms with Gasteiger partial charge in [-0.1, -0.05) is 49.9 Å². The Kier molecular flexibility index (Phi) is 5.97. The third-order valence-electron chi connectivity index (χ3n) is 6.06. The van der Waals surface area contributed by atoms with E-state index in [-0.39, 0.29) is 29.1 Å². The van der Waals surface area contributed by atoms with Crippen LogP contribution in [0.15, 0.2) is 29.4 Å². The lowest BCUT2D eigenvalue weighted by atomic mass is 9.92. The van der Waals surface area contributed by atoms with Crippen LogP contribution in [0.2, 0.25) is 0 Å². The van der Waals surface area contributed by atoms with Crippen molar-refractivity contribution in [1.29, 1.82) is 0 Å². The van der Waals surface area contributed by atoms with Crippen LogP contribution in [0.1, 0.15) is 60.4 Å². The number of likely N-dealkylation sites (tertiary alicyclic amines) is 1. The van der Waals surface area contributed by atoms with Gasteiger partial charge in [-0.25, -0.2) is 4.98 Å². The first kappa shape index (κ1) is 21.1. The van der Waals surface area contributed by atoms with Gasteiger partial charge in [-0.05, 0) is 49.9 Å². The number of methoxy groups -OCH3 is 1. The molecule has 1 aromatic heterocycles. The number of fused-ring (bicyclic) bond motifs is 1. The van der Waals surface area contributed by atoms with Crippen LogP contribution in [0, 0.1) is 12.8 Å². The van der Waals surface area contributed by atoms with Gasteiger partial charge < -0.3 is 4.74 Å². The van der Waals surface area contributed by atoms with Crippen LogP contribution in [0.3, 0.4) is 0 Å². The number of aromatic nitrogens is 3. The number of benzene rings is 1. The van der Waals surface area contributed by atoms with Crippen LogP contribution in [0.4, 0.5) is 0 Å². The van der Waals surface area contributed by atoms with Gasteiger partial charge in [0.1, 0.15) is 11.1 Å².